The molecule has 1 aliphatic rings. The summed E-state index contributed by atoms with van der Waals surface area (Å²) in [7, 11) is -2.84. The third kappa shape index (κ3) is 3.72. The highest BCUT2D eigenvalue weighted by Gasteiger charge is 2.25. The molecule has 2 rings (SSSR count). The molecule has 1 unspecified atom stereocenters. The maximum Gasteiger partial charge on any atom is 0.150 e. The van der Waals surface area contributed by atoms with E-state index < -0.39 is 9.84 Å². The SMILES string of the molecule is Cc1cc(OCC2CCCS(=O)(=O)C2)ccc1Br. The fourth-order valence-corrected chi connectivity index (χ4v) is 4.17. The first kappa shape index (κ1) is 13.9. The van der Waals surface area contributed by atoms with Gasteiger partial charge >= 0.3 is 0 Å². The van der Waals surface area contributed by atoms with Crippen molar-refractivity contribution in [3.05, 3.63) is 28.2 Å². The van der Waals surface area contributed by atoms with Crippen molar-refractivity contribution in [2.45, 2.75) is 19.8 Å². The Labute approximate surface area is 117 Å². The highest BCUT2D eigenvalue weighted by atomic mass is 79.9. The summed E-state index contributed by atoms with van der Waals surface area (Å²) in [6.45, 7) is 2.49. The Morgan fingerprint density at radius 2 is 2.22 bits per heavy atom. The quantitative estimate of drug-likeness (QED) is 0.854. The minimum absolute atomic E-state index is 0.132. The fourth-order valence-electron chi connectivity index (χ4n) is 2.17. The van der Waals surface area contributed by atoms with Crippen LogP contribution in [0.15, 0.2) is 22.7 Å². The maximum atomic E-state index is 11.5. The van der Waals surface area contributed by atoms with Crippen LogP contribution in [-0.2, 0) is 9.84 Å². The van der Waals surface area contributed by atoms with Crippen molar-refractivity contribution >= 4 is 25.8 Å². The maximum absolute atomic E-state index is 11.5. The first-order valence-corrected chi connectivity index (χ1v) is 8.67. The second-order valence-electron chi connectivity index (χ2n) is 4.84. The van der Waals surface area contributed by atoms with Gasteiger partial charge in [0.25, 0.3) is 0 Å². The van der Waals surface area contributed by atoms with E-state index in [1.54, 1.807) is 0 Å². The average Bonchev–Trinajstić information content (AvgIpc) is 2.29. The largest absolute Gasteiger partial charge is 0.493 e. The van der Waals surface area contributed by atoms with Crippen LogP contribution in [0.2, 0.25) is 0 Å². The molecule has 0 amide bonds. The van der Waals surface area contributed by atoms with Gasteiger partial charge in [-0.05, 0) is 43.5 Å². The van der Waals surface area contributed by atoms with E-state index in [9.17, 15) is 8.42 Å². The summed E-state index contributed by atoms with van der Waals surface area (Å²) < 4.78 is 29.8. The number of rotatable bonds is 3. The van der Waals surface area contributed by atoms with Crippen LogP contribution in [0.5, 0.6) is 5.75 Å². The summed E-state index contributed by atoms with van der Waals surface area (Å²) in [6, 6.07) is 5.80. The molecule has 0 aromatic heterocycles. The van der Waals surface area contributed by atoms with E-state index >= 15 is 0 Å². The van der Waals surface area contributed by atoms with Crippen molar-refractivity contribution in [3.8, 4) is 5.75 Å². The van der Waals surface area contributed by atoms with Gasteiger partial charge in [-0.2, -0.15) is 0 Å². The molecule has 100 valence electrons. The summed E-state index contributed by atoms with van der Waals surface area (Å²) in [5, 5.41) is 0. The fraction of sp³-hybridized carbons (Fsp3) is 0.538. The third-order valence-corrected chi connectivity index (χ3v) is 5.95. The molecule has 0 bridgehead atoms. The smallest absolute Gasteiger partial charge is 0.150 e. The van der Waals surface area contributed by atoms with Gasteiger partial charge < -0.3 is 4.74 Å². The molecule has 1 aliphatic heterocycles. The number of hydrogen-bond acceptors (Lipinski definition) is 3. The normalized spacial score (nSPS) is 22.7. The zero-order chi connectivity index (χ0) is 13.2. The minimum atomic E-state index is -2.84. The van der Waals surface area contributed by atoms with E-state index in [0.29, 0.717) is 12.4 Å². The lowest BCUT2D eigenvalue weighted by Gasteiger charge is -2.22. The molecule has 5 heteroatoms. The van der Waals surface area contributed by atoms with E-state index in [0.717, 1.165) is 28.6 Å². The van der Waals surface area contributed by atoms with E-state index in [1.807, 2.05) is 25.1 Å². The second-order valence-corrected chi connectivity index (χ2v) is 7.93. The predicted octanol–water partition coefficient (Wildman–Crippen LogP) is 2.96. The molecule has 1 atom stereocenters. The first-order valence-electron chi connectivity index (χ1n) is 6.06. The van der Waals surface area contributed by atoms with E-state index in [4.69, 9.17) is 4.74 Å². The molecular weight excluding hydrogens is 316 g/mol. The summed E-state index contributed by atoms with van der Waals surface area (Å²) in [6.07, 6.45) is 1.70. The Kier molecular flexibility index (Phi) is 4.33. The number of sulfone groups is 1. The summed E-state index contributed by atoms with van der Waals surface area (Å²) in [5.41, 5.74) is 1.11. The molecule has 0 radical (unpaired) electrons. The number of ether oxygens (including phenoxy) is 1. The van der Waals surface area contributed by atoms with Gasteiger partial charge in [0, 0.05) is 10.4 Å². The number of halogens is 1. The van der Waals surface area contributed by atoms with Crippen molar-refractivity contribution in [1.29, 1.82) is 0 Å². The van der Waals surface area contributed by atoms with Crippen LogP contribution < -0.4 is 4.74 Å². The van der Waals surface area contributed by atoms with E-state index in [1.165, 1.54) is 0 Å². The highest BCUT2D eigenvalue weighted by molar-refractivity contribution is 9.10. The number of aryl methyl sites for hydroxylation is 1. The molecule has 1 aromatic carbocycles. The monoisotopic (exact) mass is 332 g/mol. The van der Waals surface area contributed by atoms with Crippen LogP contribution in [0.4, 0.5) is 0 Å². The van der Waals surface area contributed by atoms with Crippen molar-refractivity contribution in [2.75, 3.05) is 18.1 Å². The van der Waals surface area contributed by atoms with Crippen LogP contribution in [-0.4, -0.2) is 26.5 Å². The van der Waals surface area contributed by atoms with Gasteiger partial charge in [-0.1, -0.05) is 15.9 Å². The Morgan fingerprint density at radius 3 is 2.89 bits per heavy atom. The molecule has 0 aliphatic carbocycles. The zero-order valence-corrected chi connectivity index (χ0v) is 12.8. The molecule has 0 saturated carbocycles. The molecule has 1 saturated heterocycles. The molecule has 3 nitrogen and oxygen atoms in total. The molecular formula is C13H17BrO3S. The van der Waals surface area contributed by atoms with E-state index in [2.05, 4.69) is 15.9 Å². The zero-order valence-electron chi connectivity index (χ0n) is 10.4. The van der Waals surface area contributed by atoms with Gasteiger partial charge in [0.05, 0.1) is 18.1 Å². The van der Waals surface area contributed by atoms with Crippen LogP contribution >= 0.6 is 15.9 Å². The lowest BCUT2D eigenvalue weighted by atomic mass is 10.1. The predicted molar refractivity (Wildman–Crippen MR) is 75.8 cm³/mol. The Bertz CT molecular complexity index is 525. The minimum Gasteiger partial charge on any atom is -0.493 e. The third-order valence-electron chi connectivity index (χ3n) is 3.17. The molecule has 0 N–H and O–H groups in total. The van der Waals surface area contributed by atoms with Gasteiger partial charge in [0.1, 0.15) is 5.75 Å². The van der Waals surface area contributed by atoms with Crippen molar-refractivity contribution in [3.63, 3.8) is 0 Å². The first-order chi connectivity index (χ1) is 8.46. The van der Waals surface area contributed by atoms with Crippen molar-refractivity contribution in [2.24, 2.45) is 5.92 Å². The Balaban J connectivity index is 1.93. The second kappa shape index (κ2) is 5.61. The van der Waals surface area contributed by atoms with Gasteiger partial charge in [-0.15, -0.1) is 0 Å². The van der Waals surface area contributed by atoms with Crippen LogP contribution in [0.1, 0.15) is 18.4 Å². The summed E-state index contributed by atoms with van der Waals surface area (Å²) >= 11 is 3.44. The molecule has 0 spiro atoms. The average molecular weight is 333 g/mol. The van der Waals surface area contributed by atoms with Crippen LogP contribution in [0.3, 0.4) is 0 Å². The molecule has 18 heavy (non-hydrogen) atoms. The molecule has 1 aromatic rings. The van der Waals surface area contributed by atoms with Gasteiger partial charge in [-0.25, -0.2) is 8.42 Å². The van der Waals surface area contributed by atoms with Gasteiger partial charge in [-0.3, -0.25) is 0 Å². The van der Waals surface area contributed by atoms with Crippen molar-refractivity contribution < 1.29 is 13.2 Å². The van der Waals surface area contributed by atoms with E-state index in [-0.39, 0.29) is 11.7 Å². The van der Waals surface area contributed by atoms with Crippen molar-refractivity contribution in [1.82, 2.24) is 0 Å². The number of hydrogen-bond donors (Lipinski definition) is 0. The Morgan fingerprint density at radius 1 is 1.44 bits per heavy atom. The summed E-state index contributed by atoms with van der Waals surface area (Å²) in [4.78, 5) is 0. The highest BCUT2D eigenvalue weighted by Crippen LogP contribution is 2.24. The Hall–Kier alpha value is -0.550. The van der Waals surface area contributed by atoms with Crippen LogP contribution in [0, 0.1) is 12.8 Å². The standard InChI is InChI=1S/C13H17BrO3S/c1-10-7-12(4-5-13(10)14)17-8-11-3-2-6-18(15,16)9-11/h4-5,7,11H,2-3,6,8-9H2,1H3. The topological polar surface area (TPSA) is 43.4 Å². The van der Waals surface area contributed by atoms with Gasteiger partial charge in [0.2, 0.25) is 0 Å². The molecule has 1 heterocycles. The lowest BCUT2D eigenvalue weighted by Crippen LogP contribution is -2.29. The van der Waals surface area contributed by atoms with Gasteiger partial charge in [0.15, 0.2) is 9.84 Å². The lowest BCUT2D eigenvalue weighted by molar-refractivity contribution is 0.249. The van der Waals surface area contributed by atoms with Crippen LogP contribution in [0.25, 0.3) is 0 Å². The molecule has 1 fully saturated rings. The number of benzene rings is 1. The summed E-state index contributed by atoms with van der Waals surface area (Å²) in [5.74, 6) is 1.54.